The Labute approximate surface area is 64.8 Å². The average Bonchev–Trinajstić information content (AvgIpc) is 2.36. The fraction of sp³-hybridized carbons (Fsp3) is 0.500. The molecule has 0 radical (unpaired) electrons. The highest BCUT2D eigenvalue weighted by molar-refractivity contribution is 5.61. The summed E-state index contributed by atoms with van der Waals surface area (Å²) in [6.45, 7) is 0.671. The molecule has 1 aromatic rings. The van der Waals surface area contributed by atoms with Crippen LogP contribution in [0.15, 0.2) is 6.20 Å². The van der Waals surface area contributed by atoms with Crippen LogP contribution in [0.2, 0.25) is 0 Å². The van der Waals surface area contributed by atoms with Crippen LogP contribution in [0.25, 0.3) is 0 Å². The van der Waals surface area contributed by atoms with E-state index in [0.29, 0.717) is 12.4 Å². The van der Waals surface area contributed by atoms with E-state index in [1.165, 1.54) is 0 Å². The highest BCUT2D eigenvalue weighted by atomic mass is 16.3. The monoisotopic (exact) mass is 156 g/mol. The summed E-state index contributed by atoms with van der Waals surface area (Å²) in [5, 5.41) is 15.0. The second kappa shape index (κ2) is 3.25. The second-order valence-corrected chi connectivity index (χ2v) is 2.31. The molecule has 11 heavy (non-hydrogen) atoms. The first-order valence-electron chi connectivity index (χ1n) is 3.36. The lowest BCUT2D eigenvalue weighted by Gasteiger charge is -2.15. The third kappa shape index (κ3) is 1.62. The van der Waals surface area contributed by atoms with Crippen LogP contribution in [0.5, 0.6) is 0 Å². The summed E-state index contributed by atoms with van der Waals surface area (Å²) in [5.41, 5.74) is 6.35. The summed E-state index contributed by atoms with van der Waals surface area (Å²) < 4.78 is 0. The molecule has 0 unspecified atom stereocenters. The van der Waals surface area contributed by atoms with E-state index >= 15 is 0 Å². The van der Waals surface area contributed by atoms with Crippen LogP contribution in [0.3, 0.4) is 0 Å². The van der Waals surface area contributed by atoms with Gasteiger partial charge in [-0.05, 0) is 0 Å². The van der Waals surface area contributed by atoms with Crippen LogP contribution < -0.4 is 10.6 Å². The van der Waals surface area contributed by atoms with Crippen molar-refractivity contribution in [1.29, 1.82) is 0 Å². The fourth-order valence-corrected chi connectivity index (χ4v) is 0.864. The zero-order valence-corrected chi connectivity index (χ0v) is 6.41. The topological polar surface area (TPSA) is 78.2 Å². The number of hydrogen-bond acceptors (Lipinski definition) is 4. The number of nitrogens with one attached hydrogen (secondary N) is 1. The normalized spacial score (nSPS) is 10.0. The molecule has 5 heteroatoms. The molecule has 0 aromatic carbocycles. The summed E-state index contributed by atoms with van der Waals surface area (Å²) in [7, 11) is 1.84. The largest absolute Gasteiger partial charge is 0.395 e. The molecule has 0 aliphatic carbocycles. The van der Waals surface area contributed by atoms with Crippen LogP contribution in [0, 0.1) is 0 Å². The smallest absolute Gasteiger partial charge is 0.142 e. The molecule has 4 N–H and O–H groups in total. The first-order valence-corrected chi connectivity index (χ1v) is 3.36. The van der Waals surface area contributed by atoms with E-state index in [2.05, 4.69) is 10.2 Å². The third-order valence-electron chi connectivity index (χ3n) is 1.49. The maximum Gasteiger partial charge on any atom is 0.142 e. The Bertz CT molecular complexity index is 222. The number of anilines is 2. The summed E-state index contributed by atoms with van der Waals surface area (Å²) in [6.07, 6.45) is 1.63. The minimum absolute atomic E-state index is 0.112. The quantitative estimate of drug-likeness (QED) is 0.547. The van der Waals surface area contributed by atoms with Crippen molar-refractivity contribution in [3.05, 3.63) is 6.20 Å². The molecule has 0 bridgehead atoms. The van der Waals surface area contributed by atoms with Gasteiger partial charge < -0.3 is 15.7 Å². The highest BCUT2D eigenvalue weighted by Crippen LogP contribution is 2.16. The van der Waals surface area contributed by atoms with E-state index < -0.39 is 0 Å². The zero-order chi connectivity index (χ0) is 8.27. The second-order valence-electron chi connectivity index (χ2n) is 2.31. The van der Waals surface area contributed by atoms with Crippen LogP contribution in [-0.4, -0.2) is 35.5 Å². The molecule has 0 fully saturated rings. The van der Waals surface area contributed by atoms with Gasteiger partial charge in [0.05, 0.1) is 18.5 Å². The van der Waals surface area contributed by atoms with Crippen molar-refractivity contribution in [1.82, 2.24) is 10.2 Å². The molecule has 0 saturated heterocycles. The van der Waals surface area contributed by atoms with Gasteiger partial charge >= 0.3 is 0 Å². The Morgan fingerprint density at radius 3 is 3.00 bits per heavy atom. The van der Waals surface area contributed by atoms with E-state index in [-0.39, 0.29) is 6.61 Å². The lowest BCUT2D eigenvalue weighted by molar-refractivity contribution is 0.304. The van der Waals surface area contributed by atoms with Gasteiger partial charge in [0.1, 0.15) is 5.82 Å². The number of nitrogens with zero attached hydrogens (tertiary/aromatic N) is 2. The molecular formula is C6H12N4O. The third-order valence-corrected chi connectivity index (χ3v) is 1.49. The number of aromatic nitrogens is 2. The maximum atomic E-state index is 8.61. The molecule has 62 valence electrons. The predicted octanol–water partition coefficient (Wildman–Crippen LogP) is -0.580. The van der Waals surface area contributed by atoms with Crippen molar-refractivity contribution in [2.24, 2.45) is 0 Å². The first kappa shape index (κ1) is 7.87. The van der Waals surface area contributed by atoms with Crippen LogP contribution in [-0.2, 0) is 0 Å². The van der Waals surface area contributed by atoms with E-state index in [0.717, 1.165) is 5.69 Å². The number of likely N-dealkylation sites (N-methyl/N-ethyl adjacent to an activating group) is 1. The van der Waals surface area contributed by atoms with E-state index in [1.54, 1.807) is 6.20 Å². The molecule has 0 aliphatic heterocycles. The number of nitrogen functional groups attached to an aromatic ring is 1. The zero-order valence-electron chi connectivity index (χ0n) is 6.41. The summed E-state index contributed by atoms with van der Waals surface area (Å²) in [4.78, 5) is 1.83. The standard InChI is InChI=1S/C6H12N4O/c1-10(2-3-11)5-4-8-9-6(5)7/h4,11H,2-3H2,1H3,(H3,7,8,9). The van der Waals surface area contributed by atoms with E-state index in [1.807, 2.05) is 11.9 Å². The van der Waals surface area contributed by atoms with Gasteiger partial charge in [-0.3, -0.25) is 5.10 Å². The number of rotatable bonds is 3. The summed E-state index contributed by atoms with van der Waals surface area (Å²) in [6, 6.07) is 0. The molecule has 1 heterocycles. The Balaban J connectivity index is 2.67. The fourth-order valence-electron chi connectivity index (χ4n) is 0.864. The van der Waals surface area contributed by atoms with Crippen LogP contribution in [0.4, 0.5) is 11.5 Å². The molecule has 5 nitrogen and oxygen atoms in total. The van der Waals surface area contributed by atoms with Crippen molar-refractivity contribution in [3.8, 4) is 0 Å². The molecule has 1 rings (SSSR count). The van der Waals surface area contributed by atoms with Gasteiger partial charge in [0.2, 0.25) is 0 Å². The van der Waals surface area contributed by atoms with Gasteiger partial charge in [-0.25, -0.2) is 0 Å². The van der Waals surface area contributed by atoms with Gasteiger partial charge in [0.15, 0.2) is 0 Å². The number of H-pyrrole nitrogens is 1. The first-order chi connectivity index (χ1) is 5.25. The number of aromatic amines is 1. The van der Waals surface area contributed by atoms with Gasteiger partial charge in [0.25, 0.3) is 0 Å². The molecule has 0 aliphatic rings. The predicted molar refractivity (Wildman–Crippen MR) is 43.4 cm³/mol. The minimum atomic E-state index is 0.112. The summed E-state index contributed by atoms with van der Waals surface area (Å²) >= 11 is 0. The Morgan fingerprint density at radius 1 is 1.82 bits per heavy atom. The SMILES string of the molecule is CN(CCO)c1cn[nH]c1N. The van der Waals surface area contributed by atoms with Gasteiger partial charge in [0, 0.05) is 13.6 Å². The Morgan fingerprint density at radius 2 is 2.55 bits per heavy atom. The number of hydrogen-bond donors (Lipinski definition) is 3. The average molecular weight is 156 g/mol. The lowest BCUT2D eigenvalue weighted by atomic mass is 10.4. The van der Waals surface area contributed by atoms with Crippen molar-refractivity contribution >= 4 is 11.5 Å². The molecular weight excluding hydrogens is 144 g/mol. The Kier molecular flexibility index (Phi) is 2.32. The van der Waals surface area contributed by atoms with Crippen LogP contribution >= 0.6 is 0 Å². The van der Waals surface area contributed by atoms with Gasteiger partial charge in [-0.15, -0.1) is 0 Å². The highest BCUT2D eigenvalue weighted by Gasteiger charge is 2.04. The lowest BCUT2D eigenvalue weighted by Crippen LogP contribution is -2.21. The molecule has 0 amide bonds. The van der Waals surface area contributed by atoms with Crippen molar-refractivity contribution < 1.29 is 5.11 Å². The molecule has 1 aromatic heterocycles. The maximum absolute atomic E-state index is 8.61. The van der Waals surface area contributed by atoms with Crippen molar-refractivity contribution in [2.75, 3.05) is 30.8 Å². The summed E-state index contributed by atoms with van der Waals surface area (Å²) in [5.74, 6) is 0.529. The number of nitrogens with two attached hydrogens (primary N) is 1. The Hall–Kier alpha value is -1.23. The van der Waals surface area contributed by atoms with Gasteiger partial charge in [-0.2, -0.15) is 5.10 Å². The minimum Gasteiger partial charge on any atom is -0.395 e. The van der Waals surface area contributed by atoms with Gasteiger partial charge in [-0.1, -0.05) is 0 Å². The van der Waals surface area contributed by atoms with E-state index in [9.17, 15) is 0 Å². The molecule has 0 saturated carbocycles. The van der Waals surface area contributed by atoms with Crippen LogP contribution in [0.1, 0.15) is 0 Å². The molecule has 0 spiro atoms. The number of aliphatic hydroxyl groups is 1. The number of aliphatic hydroxyl groups excluding tert-OH is 1. The van der Waals surface area contributed by atoms with Crippen molar-refractivity contribution in [3.63, 3.8) is 0 Å². The van der Waals surface area contributed by atoms with E-state index in [4.69, 9.17) is 10.8 Å². The molecule has 0 atom stereocenters. The van der Waals surface area contributed by atoms with Crippen molar-refractivity contribution in [2.45, 2.75) is 0 Å².